The zero-order chi connectivity index (χ0) is 28.6. The minimum absolute atomic E-state index is 0.0542. The summed E-state index contributed by atoms with van der Waals surface area (Å²) in [4.78, 5) is 27.2. The summed E-state index contributed by atoms with van der Waals surface area (Å²) in [6.45, 7) is 6.22. The summed E-state index contributed by atoms with van der Waals surface area (Å²) in [6.07, 6.45) is 1.96. The number of aliphatic hydroxyl groups is 1. The predicted octanol–water partition coefficient (Wildman–Crippen LogP) is 3.84. The topological polar surface area (TPSA) is 100 Å². The molecule has 0 aromatic heterocycles. The summed E-state index contributed by atoms with van der Waals surface area (Å²) in [6, 6.07) is 11.5. The second-order valence-electron chi connectivity index (χ2n) is 9.63. The van der Waals surface area contributed by atoms with Crippen molar-refractivity contribution < 1.29 is 28.6 Å². The number of hydrogen-bond donors (Lipinski definition) is 3. The van der Waals surface area contributed by atoms with Crippen LogP contribution in [0.25, 0.3) is 0 Å². The number of carbonyl (C=O) groups is 2. The fourth-order valence-corrected chi connectivity index (χ4v) is 4.40. The second-order valence-corrected chi connectivity index (χ2v) is 9.63. The molecule has 9 heteroatoms. The first-order valence-corrected chi connectivity index (χ1v) is 13.7. The number of ether oxygens (including phenoxy) is 2. The molecule has 2 aromatic rings. The van der Waals surface area contributed by atoms with Gasteiger partial charge in [0.05, 0.1) is 26.4 Å². The zero-order valence-corrected chi connectivity index (χ0v) is 23.7. The highest BCUT2D eigenvalue weighted by Crippen LogP contribution is 2.19. The lowest BCUT2D eigenvalue weighted by atomic mass is 10.00. The van der Waals surface area contributed by atoms with Gasteiger partial charge in [0.2, 0.25) is 11.8 Å². The van der Waals surface area contributed by atoms with Gasteiger partial charge in [-0.1, -0.05) is 32.0 Å². The van der Waals surface area contributed by atoms with E-state index < -0.39 is 18.0 Å². The molecule has 39 heavy (non-hydrogen) atoms. The van der Waals surface area contributed by atoms with Gasteiger partial charge in [-0.05, 0) is 61.1 Å². The molecule has 0 fully saturated rings. The first-order chi connectivity index (χ1) is 18.8. The Morgan fingerprint density at radius 1 is 1.00 bits per heavy atom. The van der Waals surface area contributed by atoms with E-state index in [1.165, 1.54) is 19.2 Å². The van der Waals surface area contributed by atoms with E-state index in [0.717, 1.165) is 24.2 Å². The van der Waals surface area contributed by atoms with Gasteiger partial charge in [-0.25, -0.2) is 4.39 Å². The van der Waals surface area contributed by atoms with Crippen molar-refractivity contribution in [3.8, 4) is 11.5 Å². The van der Waals surface area contributed by atoms with Gasteiger partial charge in [0.1, 0.15) is 5.75 Å². The highest BCUT2D eigenvalue weighted by Gasteiger charge is 2.23. The molecule has 2 rings (SSSR count). The van der Waals surface area contributed by atoms with Crippen molar-refractivity contribution in [3.05, 3.63) is 59.4 Å². The fourth-order valence-electron chi connectivity index (χ4n) is 4.40. The van der Waals surface area contributed by atoms with E-state index >= 15 is 0 Å². The lowest BCUT2D eigenvalue weighted by Crippen LogP contribution is -2.48. The Hall–Kier alpha value is -3.17. The van der Waals surface area contributed by atoms with E-state index in [9.17, 15) is 19.1 Å². The van der Waals surface area contributed by atoms with Crippen LogP contribution < -0.4 is 20.1 Å². The van der Waals surface area contributed by atoms with Crippen molar-refractivity contribution in [1.29, 1.82) is 0 Å². The van der Waals surface area contributed by atoms with Gasteiger partial charge in [-0.3, -0.25) is 9.59 Å². The van der Waals surface area contributed by atoms with E-state index in [1.807, 2.05) is 43.0 Å². The molecule has 0 aliphatic carbocycles. The minimum Gasteiger partial charge on any atom is -0.497 e. The average molecular weight is 546 g/mol. The number of aliphatic hydroxyl groups excluding tert-OH is 1. The molecular formula is C30H44FN3O5. The molecule has 0 saturated heterocycles. The van der Waals surface area contributed by atoms with Crippen LogP contribution in [0.15, 0.2) is 42.5 Å². The Morgan fingerprint density at radius 3 is 2.38 bits per heavy atom. The molecule has 0 radical (unpaired) electrons. The van der Waals surface area contributed by atoms with Gasteiger partial charge < -0.3 is 30.1 Å². The third-order valence-electron chi connectivity index (χ3n) is 6.43. The molecule has 2 atom stereocenters. The third kappa shape index (κ3) is 11.2. The van der Waals surface area contributed by atoms with Crippen molar-refractivity contribution in [2.24, 2.45) is 0 Å². The predicted molar refractivity (Wildman–Crippen MR) is 150 cm³/mol. The maximum absolute atomic E-state index is 14.3. The number of rotatable bonds is 18. The number of nitrogens with zero attached hydrogens (tertiary/aromatic N) is 1. The summed E-state index contributed by atoms with van der Waals surface area (Å²) >= 11 is 0. The number of methoxy groups -OCH3 is 2. The van der Waals surface area contributed by atoms with Crippen molar-refractivity contribution >= 4 is 11.8 Å². The Balaban J connectivity index is 1.99. The molecule has 0 spiro atoms. The van der Waals surface area contributed by atoms with Gasteiger partial charge in [0.25, 0.3) is 0 Å². The number of nitrogens with one attached hydrogen (secondary N) is 2. The van der Waals surface area contributed by atoms with E-state index in [-0.39, 0.29) is 37.0 Å². The fraction of sp³-hybridized carbons (Fsp3) is 0.533. The van der Waals surface area contributed by atoms with Crippen LogP contribution in [-0.4, -0.2) is 67.8 Å². The zero-order valence-electron chi connectivity index (χ0n) is 23.7. The summed E-state index contributed by atoms with van der Waals surface area (Å²) in [5.74, 6) is 0.162. The smallest absolute Gasteiger partial charge is 0.222 e. The van der Waals surface area contributed by atoms with Crippen LogP contribution in [0.5, 0.6) is 11.5 Å². The molecule has 2 aromatic carbocycles. The van der Waals surface area contributed by atoms with Crippen molar-refractivity contribution in [2.45, 2.75) is 71.1 Å². The number of hydrogen-bond acceptors (Lipinski definition) is 6. The quantitative estimate of drug-likeness (QED) is 0.263. The van der Waals surface area contributed by atoms with Crippen molar-refractivity contribution in [2.75, 3.05) is 33.9 Å². The maximum Gasteiger partial charge on any atom is 0.222 e. The van der Waals surface area contributed by atoms with Crippen LogP contribution in [0.4, 0.5) is 4.39 Å². The molecule has 0 saturated carbocycles. The maximum atomic E-state index is 14.3. The minimum atomic E-state index is -0.934. The Kier molecular flexibility index (Phi) is 14.3. The second kappa shape index (κ2) is 17.4. The van der Waals surface area contributed by atoms with E-state index in [4.69, 9.17) is 9.47 Å². The van der Waals surface area contributed by atoms with Crippen LogP contribution in [-0.2, 0) is 22.6 Å². The molecule has 0 aliphatic heterocycles. The number of carbonyl (C=O) groups excluding carboxylic acids is 2. The van der Waals surface area contributed by atoms with Crippen LogP contribution in [0.3, 0.4) is 0 Å². The molecule has 8 nitrogen and oxygen atoms in total. The SMILES string of the molecule is CCCN(CCC)C(=O)CCCC(=O)N[C@@H](Cc1ccc(OC)c(F)c1)[C@H](O)CNCc1cccc(OC)c1. The van der Waals surface area contributed by atoms with Crippen molar-refractivity contribution in [1.82, 2.24) is 15.5 Å². The average Bonchev–Trinajstić information content (AvgIpc) is 2.92. The molecule has 0 aliphatic rings. The normalized spacial score (nSPS) is 12.5. The summed E-state index contributed by atoms with van der Waals surface area (Å²) in [7, 11) is 3.00. The standard InChI is InChI=1S/C30H44FN3O5/c1-5-15-34(16-6-2)30(37)12-8-11-29(36)33-26(19-22-13-14-28(39-4)25(31)18-22)27(35)21-32-20-23-9-7-10-24(17-23)38-3/h7,9-10,13-14,17-18,26-27,32,35H,5-6,8,11-12,15-16,19-21H2,1-4H3,(H,33,36)/t26-,27+/m0/s1. The largest absolute Gasteiger partial charge is 0.497 e. The third-order valence-corrected chi connectivity index (χ3v) is 6.43. The molecule has 0 bridgehead atoms. The lowest BCUT2D eigenvalue weighted by molar-refractivity contribution is -0.131. The van der Waals surface area contributed by atoms with E-state index in [1.54, 1.807) is 13.2 Å². The summed E-state index contributed by atoms with van der Waals surface area (Å²) in [5, 5.41) is 17.1. The number of halogens is 1. The van der Waals surface area contributed by atoms with Crippen LogP contribution in [0.2, 0.25) is 0 Å². The molecule has 0 heterocycles. The van der Waals surface area contributed by atoms with Crippen LogP contribution in [0.1, 0.15) is 57.1 Å². The van der Waals surface area contributed by atoms with Crippen molar-refractivity contribution in [3.63, 3.8) is 0 Å². The van der Waals surface area contributed by atoms with Crippen LogP contribution >= 0.6 is 0 Å². The number of benzene rings is 2. The van der Waals surface area contributed by atoms with Crippen LogP contribution in [0, 0.1) is 5.82 Å². The number of amides is 2. The van der Waals surface area contributed by atoms with Gasteiger partial charge >= 0.3 is 0 Å². The molecule has 3 N–H and O–H groups in total. The highest BCUT2D eigenvalue weighted by molar-refractivity contribution is 5.79. The first kappa shape index (κ1) is 32.0. The van der Waals surface area contributed by atoms with E-state index in [2.05, 4.69) is 10.6 Å². The van der Waals surface area contributed by atoms with Gasteiger partial charge in [0, 0.05) is 39.0 Å². The van der Waals surface area contributed by atoms with Gasteiger partial charge in [-0.2, -0.15) is 0 Å². The highest BCUT2D eigenvalue weighted by atomic mass is 19.1. The molecule has 2 amide bonds. The van der Waals surface area contributed by atoms with Gasteiger partial charge in [-0.15, -0.1) is 0 Å². The Morgan fingerprint density at radius 2 is 1.74 bits per heavy atom. The monoisotopic (exact) mass is 545 g/mol. The Labute approximate surface area is 231 Å². The van der Waals surface area contributed by atoms with E-state index in [0.29, 0.717) is 38.0 Å². The lowest BCUT2D eigenvalue weighted by Gasteiger charge is -2.25. The first-order valence-electron chi connectivity index (χ1n) is 13.7. The van der Waals surface area contributed by atoms with Gasteiger partial charge in [0.15, 0.2) is 11.6 Å². The Bertz CT molecular complexity index is 1030. The molecular weight excluding hydrogens is 501 g/mol. The summed E-state index contributed by atoms with van der Waals surface area (Å²) < 4.78 is 24.5. The summed E-state index contributed by atoms with van der Waals surface area (Å²) in [5.41, 5.74) is 1.61. The molecule has 216 valence electrons. The molecule has 0 unspecified atom stereocenters.